The van der Waals surface area contributed by atoms with E-state index in [9.17, 15) is 9.59 Å². The molecule has 1 rings (SSSR count). The Bertz CT molecular complexity index is 536. The minimum absolute atomic E-state index is 0.166. The van der Waals surface area contributed by atoms with E-state index in [0.717, 1.165) is 5.75 Å². The summed E-state index contributed by atoms with van der Waals surface area (Å²) in [5, 5.41) is 2.76. The highest BCUT2D eigenvalue weighted by molar-refractivity contribution is 6.04. The van der Waals surface area contributed by atoms with E-state index < -0.39 is 5.41 Å². The van der Waals surface area contributed by atoms with E-state index in [1.54, 1.807) is 50.1 Å². The van der Waals surface area contributed by atoms with E-state index in [2.05, 4.69) is 5.32 Å². The van der Waals surface area contributed by atoms with Crippen molar-refractivity contribution in [1.29, 1.82) is 0 Å². The van der Waals surface area contributed by atoms with Gasteiger partial charge < -0.3 is 19.7 Å². The number of amides is 2. The number of ether oxygens (including phenoxy) is 2. The van der Waals surface area contributed by atoms with E-state index in [1.165, 1.54) is 0 Å². The average molecular weight is 336 g/mol. The second-order valence-corrected chi connectivity index (χ2v) is 5.88. The molecule has 0 saturated carbocycles. The van der Waals surface area contributed by atoms with E-state index in [1.807, 2.05) is 13.8 Å². The first kappa shape index (κ1) is 19.8. The van der Waals surface area contributed by atoms with Crippen LogP contribution < -0.4 is 14.8 Å². The number of rotatable bonds is 9. The van der Waals surface area contributed by atoms with Crippen molar-refractivity contribution >= 4 is 11.8 Å². The summed E-state index contributed by atoms with van der Waals surface area (Å²) in [4.78, 5) is 26.4. The molecule has 0 atom stereocenters. The van der Waals surface area contributed by atoms with Crippen LogP contribution in [0, 0.1) is 5.41 Å². The van der Waals surface area contributed by atoms with Crippen LogP contribution in [0.4, 0.5) is 0 Å². The maximum absolute atomic E-state index is 12.4. The van der Waals surface area contributed by atoms with E-state index in [4.69, 9.17) is 9.47 Å². The molecule has 6 heteroatoms. The molecule has 0 spiro atoms. The van der Waals surface area contributed by atoms with Gasteiger partial charge in [-0.1, -0.05) is 0 Å². The van der Waals surface area contributed by atoms with Crippen LogP contribution in [0.15, 0.2) is 24.3 Å². The predicted octanol–water partition coefficient (Wildman–Crippen LogP) is 2.08. The number of nitrogens with zero attached hydrogens (tertiary/aromatic N) is 1. The number of hydrogen-bond donors (Lipinski definition) is 1. The Labute approximate surface area is 144 Å². The third kappa shape index (κ3) is 5.15. The molecule has 1 N–H and O–H groups in total. The van der Waals surface area contributed by atoms with Crippen molar-refractivity contribution < 1.29 is 19.1 Å². The maximum atomic E-state index is 12.4. The Morgan fingerprint density at radius 3 is 2.12 bits per heavy atom. The Morgan fingerprint density at radius 2 is 1.62 bits per heavy atom. The molecule has 0 unspecified atom stereocenters. The maximum Gasteiger partial charge on any atom is 0.237 e. The fraction of sp³-hybridized carbons (Fsp3) is 0.556. The van der Waals surface area contributed by atoms with Crippen LogP contribution in [0.5, 0.6) is 11.5 Å². The molecular formula is C18H28N2O4. The zero-order valence-electron chi connectivity index (χ0n) is 15.2. The molecule has 6 nitrogen and oxygen atoms in total. The monoisotopic (exact) mass is 336 g/mol. The molecule has 0 bridgehead atoms. The van der Waals surface area contributed by atoms with E-state index in [0.29, 0.717) is 32.0 Å². The summed E-state index contributed by atoms with van der Waals surface area (Å²) >= 11 is 0. The quantitative estimate of drug-likeness (QED) is 0.554. The van der Waals surface area contributed by atoms with Gasteiger partial charge in [0.1, 0.15) is 23.5 Å². The third-order valence-corrected chi connectivity index (χ3v) is 3.87. The van der Waals surface area contributed by atoms with Gasteiger partial charge in [0.15, 0.2) is 0 Å². The SMILES string of the molecule is CCN(CC)C(=O)C(C)(C)C(=O)NCCOc1ccc(OC)cc1. The number of carbonyl (C=O) groups is 2. The molecule has 0 aliphatic rings. The second kappa shape index (κ2) is 9.15. The van der Waals surface area contributed by atoms with E-state index >= 15 is 0 Å². The topological polar surface area (TPSA) is 67.9 Å². The summed E-state index contributed by atoms with van der Waals surface area (Å²) in [6, 6.07) is 7.21. The number of methoxy groups -OCH3 is 1. The van der Waals surface area contributed by atoms with Crippen LogP contribution in [0.25, 0.3) is 0 Å². The Balaban J connectivity index is 2.45. The van der Waals surface area contributed by atoms with Crippen LogP contribution >= 0.6 is 0 Å². The molecule has 0 aliphatic heterocycles. The van der Waals surface area contributed by atoms with Gasteiger partial charge in [0.25, 0.3) is 0 Å². The zero-order chi connectivity index (χ0) is 18.2. The standard InChI is InChI=1S/C18H28N2O4/c1-6-20(7-2)17(22)18(3,4)16(21)19-12-13-24-15-10-8-14(23-5)9-11-15/h8-11H,6-7,12-13H2,1-5H3,(H,19,21). The van der Waals surface area contributed by atoms with Crippen molar-refractivity contribution in [3.63, 3.8) is 0 Å². The summed E-state index contributed by atoms with van der Waals surface area (Å²) in [6.07, 6.45) is 0. The minimum atomic E-state index is -1.09. The largest absolute Gasteiger partial charge is 0.497 e. The fourth-order valence-corrected chi connectivity index (χ4v) is 2.23. The highest BCUT2D eigenvalue weighted by atomic mass is 16.5. The number of hydrogen-bond acceptors (Lipinski definition) is 4. The fourth-order valence-electron chi connectivity index (χ4n) is 2.23. The zero-order valence-corrected chi connectivity index (χ0v) is 15.2. The Morgan fingerprint density at radius 1 is 1.08 bits per heavy atom. The summed E-state index contributed by atoms with van der Waals surface area (Å²) in [5.74, 6) is 0.995. The van der Waals surface area contributed by atoms with Crippen LogP contribution in [0.1, 0.15) is 27.7 Å². The highest BCUT2D eigenvalue weighted by Crippen LogP contribution is 2.19. The smallest absolute Gasteiger partial charge is 0.237 e. The van der Waals surface area contributed by atoms with Crippen molar-refractivity contribution in [3.8, 4) is 11.5 Å². The van der Waals surface area contributed by atoms with E-state index in [-0.39, 0.29) is 11.8 Å². The molecular weight excluding hydrogens is 308 g/mol. The van der Waals surface area contributed by atoms with Crippen LogP contribution in [0.2, 0.25) is 0 Å². The molecule has 2 amide bonds. The van der Waals surface area contributed by atoms with Gasteiger partial charge >= 0.3 is 0 Å². The summed E-state index contributed by atoms with van der Waals surface area (Å²) in [6.45, 7) is 8.93. The minimum Gasteiger partial charge on any atom is -0.497 e. The predicted molar refractivity (Wildman–Crippen MR) is 93.2 cm³/mol. The second-order valence-electron chi connectivity index (χ2n) is 5.88. The van der Waals surface area contributed by atoms with Gasteiger partial charge in [-0.15, -0.1) is 0 Å². The van der Waals surface area contributed by atoms with Crippen LogP contribution in [0.3, 0.4) is 0 Å². The van der Waals surface area contributed by atoms with Gasteiger partial charge in [-0.25, -0.2) is 0 Å². The normalized spacial score (nSPS) is 10.9. The molecule has 1 aromatic rings. The lowest BCUT2D eigenvalue weighted by atomic mass is 9.90. The first-order valence-corrected chi connectivity index (χ1v) is 8.21. The van der Waals surface area contributed by atoms with Gasteiger partial charge in [-0.05, 0) is 52.0 Å². The number of nitrogens with one attached hydrogen (secondary N) is 1. The number of benzene rings is 1. The molecule has 1 aromatic carbocycles. The van der Waals surface area contributed by atoms with Gasteiger partial charge in [0.2, 0.25) is 11.8 Å². The Kier molecular flexibility index (Phi) is 7.55. The van der Waals surface area contributed by atoms with Gasteiger partial charge in [0.05, 0.1) is 13.7 Å². The molecule has 134 valence electrons. The van der Waals surface area contributed by atoms with Crippen molar-refractivity contribution in [2.75, 3.05) is 33.4 Å². The molecule has 0 fully saturated rings. The van der Waals surface area contributed by atoms with Crippen LogP contribution in [-0.4, -0.2) is 50.1 Å². The van der Waals surface area contributed by atoms with Gasteiger partial charge in [0, 0.05) is 13.1 Å². The lowest BCUT2D eigenvalue weighted by Crippen LogP contribution is -2.50. The number of carbonyl (C=O) groups excluding carboxylic acids is 2. The average Bonchev–Trinajstić information content (AvgIpc) is 2.59. The summed E-state index contributed by atoms with van der Waals surface area (Å²) in [7, 11) is 1.60. The van der Waals surface area contributed by atoms with Gasteiger partial charge in [-0.2, -0.15) is 0 Å². The van der Waals surface area contributed by atoms with Crippen molar-refractivity contribution in [3.05, 3.63) is 24.3 Å². The summed E-state index contributed by atoms with van der Waals surface area (Å²) in [5.41, 5.74) is -1.09. The van der Waals surface area contributed by atoms with Crippen molar-refractivity contribution in [1.82, 2.24) is 10.2 Å². The van der Waals surface area contributed by atoms with Crippen molar-refractivity contribution in [2.24, 2.45) is 5.41 Å². The first-order chi connectivity index (χ1) is 11.4. The van der Waals surface area contributed by atoms with Crippen molar-refractivity contribution in [2.45, 2.75) is 27.7 Å². The lowest BCUT2D eigenvalue weighted by molar-refractivity contribution is -0.148. The molecule has 0 radical (unpaired) electrons. The lowest BCUT2D eigenvalue weighted by Gasteiger charge is -2.29. The molecule has 24 heavy (non-hydrogen) atoms. The third-order valence-electron chi connectivity index (χ3n) is 3.87. The molecule has 0 saturated heterocycles. The van der Waals surface area contributed by atoms with Crippen LogP contribution in [-0.2, 0) is 9.59 Å². The molecule has 0 heterocycles. The summed E-state index contributed by atoms with van der Waals surface area (Å²) < 4.78 is 10.6. The Hall–Kier alpha value is -2.24. The molecule has 0 aromatic heterocycles. The highest BCUT2D eigenvalue weighted by Gasteiger charge is 2.38. The first-order valence-electron chi connectivity index (χ1n) is 8.21. The van der Waals surface area contributed by atoms with Gasteiger partial charge in [-0.3, -0.25) is 9.59 Å². The molecule has 0 aliphatic carbocycles.